The van der Waals surface area contributed by atoms with Gasteiger partial charge in [0, 0.05) is 73.2 Å². The molecule has 0 radical (unpaired) electrons. The second kappa shape index (κ2) is 18.3. The highest BCUT2D eigenvalue weighted by atomic mass is 35.5. The molecule has 4 aliphatic rings. The first kappa shape index (κ1) is 44.5. The number of allylic oxidation sites excluding steroid dienone is 1. The van der Waals surface area contributed by atoms with Crippen LogP contribution in [0, 0.1) is 21.4 Å². The molecule has 2 aliphatic heterocycles. The Labute approximate surface area is 383 Å². The van der Waals surface area contributed by atoms with Crippen LogP contribution in [0.15, 0.2) is 89.6 Å². The Hall–Kier alpha value is -5.68. The molecule has 3 aromatic carbocycles. The van der Waals surface area contributed by atoms with Crippen molar-refractivity contribution in [3.63, 3.8) is 0 Å². The lowest BCUT2D eigenvalue weighted by atomic mass is 9.72. The first-order valence-corrected chi connectivity index (χ1v) is 24.2. The molecule has 2 aromatic heterocycles. The average molecular weight is 925 g/mol. The topological polar surface area (TPSA) is 192 Å². The van der Waals surface area contributed by atoms with Crippen LogP contribution < -0.4 is 24.4 Å². The molecule has 1 amide bonds. The Balaban J connectivity index is 0.933. The number of aromatic amines is 1. The number of halogens is 1. The van der Waals surface area contributed by atoms with Crippen molar-refractivity contribution in [1.29, 1.82) is 0 Å². The molecule has 65 heavy (non-hydrogen) atoms. The number of nitro groups is 1. The number of aliphatic hydroxyl groups is 1. The minimum atomic E-state index is -4.66. The molecule has 5 aromatic rings. The number of nitrogens with zero attached hydrogens (tertiary/aromatic N) is 4. The summed E-state index contributed by atoms with van der Waals surface area (Å²) in [5.41, 5.74) is 5.30. The maximum absolute atomic E-state index is 14.1. The fourth-order valence-corrected chi connectivity index (χ4v) is 10.8. The Kier molecular flexibility index (Phi) is 12.5. The predicted octanol–water partition coefficient (Wildman–Crippen LogP) is 8.94. The van der Waals surface area contributed by atoms with E-state index >= 15 is 0 Å². The van der Waals surface area contributed by atoms with Crippen molar-refractivity contribution in [2.75, 3.05) is 49.5 Å². The number of carbonyl (C=O) groups excluding carboxylic acids is 1. The maximum atomic E-state index is 14.1. The van der Waals surface area contributed by atoms with Crippen LogP contribution >= 0.6 is 11.6 Å². The number of sulfonamides is 1. The lowest BCUT2D eigenvalue weighted by Gasteiger charge is -2.39. The van der Waals surface area contributed by atoms with Crippen LogP contribution in [-0.2, 0) is 10.0 Å². The van der Waals surface area contributed by atoms with Crippen LogP contribution in [0.4, 0.5) is 17.1 Å². The minimum absolute atomic E-state index is 0.00451. The zero-order chi connectivity index (χ0) is 45.5. The summed E-state index contributed by atoms with van der Waals surface area (Å²) >= 11 is 6.25. The summed E-state index contributed by atoms with van der Waals surface area (Å²) in [5.74, 6) is -0.201. The van der Waals surface area contributed by atoms with Crippen molar-refractivity contribution in [3.05, 3.63) is 111 Å². The molecule has 0 spiro atoms. The lowest BCUT2D eigenvalue weighted by Crippen LogP contribution is -2.47. The number of fused-ring (bicyclic) bond motifs is 2. The van der Waals surface area contributed by atoms with Crippen LogP contribution in [0.2, 0.25) is 5.02 Å². The van der Waals surface area contributed by atoms with Gasteiger partial charge in [-0.1, -0.05) is 43.2 Å². The summed E-state index contributed by atoms with van der Waals surface area (Å²) in [6.45, 7) is 8.76. The standard InChI is InChI=1S/C48H54ClN7O8S/c1-48(2)15-13-33(41(26-48)31-5-7-34(49)8-6-31)28-54-17-19-55(20-18-54)36-9-12-40(43(23-36)64-38-22-32-14-16-50-46(32)51-27-38)47(58)53-65(61,62)39-24-42(56(59)60)45-44(25-39)63-29-35(52-45)21-30-3-10-37(57)11-4-30/h5-9,12,14,16,22-25,27,30,35,37,52,57H,3-4,10-11,13,15,17-21,26,28-29H2,1-2H3,(H,50,51)(H,53,58)/t30?,35-,37?/m1/s1. The van der Waals surface area contributed by atoms with Gasteiger partial charge in [-0.3, -0.25) is 19.8 Å². The lowest BCUT2D eigenvalue weighted by molar-refractivity contribution is -0.384. The number of H-pyrrole nitrogens is 1. The molecule has 1 saturated carbocycles. The van der Waals surface area contributed by atoms with E-state index in [4.69, 9.17) is 21.1 Å². The summed E-state index contributed by atoms with van der Waals surface area (Å²) in [5, 5.41) is 27.0. The van der Waals surface area contributed by atoms with Crippen LogP contribution in [0.3, 0.4) is 0 Å². The maximum Gasteiger partial charge on any atom is 0.297 e. The second-order valence-electron chi connectivity index (χ2n) is 18.6. The van der Waals surface area contributed by atoms with Gasteiger partial charge < -0.3 is 29.8 Å². The van der Waals surface area contributed by atoms with Gasteiger partial charge in [-0.2, -0.15) is 0 Å². The predicted molar refractivity (Wildman–Crippen MR) is 251 cm³/mol. The molecule has 342 valence electrons. The fourth-order valence-electron chi connectivity index (χ4n) is 9.70. The number of rotatable bonds is 12. The first-order chi connectivity index (χ1) is 31.2. The second-order valence-corrected chi connectivity index (χ2v) is 20.8. The monoisotopic (exact) mass is 923 g/mol. The SMILES string of the molecule is CC1(C)CCC(CN2CCN(c3ccc(C(=O)NS(=O)(=O)c4cc5c(c([N+](=O)[O-])c4)N[C@H](CC4CCC(O)CC4)CO5)c(Oc4cnc5[nH]ccc5c4)c3)CC2)=C(c2ccc(Cl)cc2)C1. The molecular weight excluding hydrogens is 870 g/mol. The van der Waals surface area contributed by atoms with Gasteiger partial charge in [-0.05, 0) is 110 Å². The molecule has 1 atom stereocenters. The van der Waals surface area contributed by atoms with E-state index in [0.29, 0.717) is 49.7 Å². The first-order valence-electron chi connectivity index (χ1n) is 22.3. The third-order valence-electron chi connectivity index (χ3n) is 13.4. The number of hydrogen-bond acceptors (Lipinski definition) is 12. The van der Waals surface area contributed by atoms with Crippen molar-refractivity contribution in [1.82, 2.24) is 19.6 Å². The fraction of sp³-hybridized carbons (Fsp3) is 0.417. The number of aliphatic hydroxyl groups excluding tert-OH is 1. The van der Waals surface area contributed by atoms with Gasteiger partial charge in [0.1, 0.15) is 23.8 Å². The molecule has 4 N–H and O–H groups in total. The molecule has 2 fully saturated rings. The molecule has 17 heteroatoms. The number of aromatic nitrogens is 2. The third-order valence-corrected chi connectivity index (χ3v) is 14.9. The summed E-state index contributed by atoms with van der Waals surface area (Å²) in [6, 6.07) is 18.7. The van der Waals surface area contributed by atoms with Crippen LogP contribution in [0.5, 0.6) is 17.2 Å². The van der Waals surface area contributed by atoms with E-state index in [9.17, 15) is 28.4 Å². The molecule has 0 unspecified atom stereocenters. The van der Waals surface area contributed by atoms with Crippen LogP contribution in [0.1, 0.15) is 81.1 Å². The number of hydrogen-bond donors (Lipinski definition) is 4. The Bertz CT molecular complexity index is 2740. The van der Waals surface area contributed by atoms with Gasteiger partial charge >= 0.3 is 0 Å². The van der Waals surface area contributed by atoms with Gasteiger partial charge in [-0.25, -0.2) is 18.1 Å². The highest BCUT2D eigenvalue weighted by Gasteiger charge is 2.34. The van der Waals surface area contributed by atoms with E-state index in [1.54, 1.807) is 24.4 Å². The normalized spacial score (nSPS) is 21.3. The zero-order valence-electron chi connectivity index (χ0n) is 36.5. The minimum Gasteiger partial charge on any atom is -0.489 e. The van der Waals surface area contributed by atoms with E-state index < -0.39 is 31.4 Å². The quantitative estimate of drug-likeness (QED) is 0.0687. The highest BCUT2D eigenvalue weighted by Crippen LogP contribution is 2.44. The van der Waals surface area contributed by atoms with Gasteiger partial charge in [-0.15, -0.1) is 0 Å². The van der Waals surface area contributed by atoms with E-state index in [1.165, 1.54) is 35.0 Å². The number of anilines is 2. The number of nitrogens with one attached hydrogen (secondary N) is 3. The molecule has 4 heterocycles. The number of amides is 1. The summed E-state index contributed by atoms with van der Waals surface area (Å²) in [7, 11) is -4.66. The van der Waals surface area contributed by atoms with Crippen molar-refractivity contribution >= 4 is 61.2 Å². The molecular formula is C48H54ClN7O8S. The Morgan fingerprint density at radius 3 is 2.57 bits per heavy atom. The highest BCUT2D eigenvalue weighted by molar-refractivity contribution is 7.90. The molecule has 1 saturated heterocycles. The molecule has 0 bridgehead atoms. The van der Waals surface area contributed by atoms with E-state index in [2.05, 4.69) is 55.8 Å². The number of nitro benzene ring substituents is 1. The Morgan fingerprint density at radius 2 is 1.82 bits per heavy atom. The van der Waals surface area contributed by atoms with Crippen LogP contribution in [0.25, 0.3) is 16.6 Å². The summed E-state index contributed by atoms with van der Waals surface area (Å²) < 4.78 is 42.3. The van der Waals surface area contributed by atoms with Crippen molar-refractivity contribution < 1.29 is 32.7 Å². The van der Waals surface area contributed by atoms with Gasteiger partial charge in [0.05, 0.1) is 33.7 Å². The number of ether oxygens (including phenoxy) is 2. The van der Waals surface area contributed by atoms with Crippen molar-refractivity contribution in [3.8, 4) is 17.2 Å². The largest absolute Gasteiger partial charge is 0.489 e. The van der Waals surface area contributed by atoms with Crippen LogP contribution in [-0.4, -0.2) is 90.7 Å². The number of piperazine rings is 1. The van der Waals surface area contributed by atoms with Crippen molar-refractivity contribution in [2.45, 2.75) is 82.3 Å². The number of pyridine rings is 1. The van der Waals surface area contributed by atoms with Gasteiger partial charge in [0.15, 0.2) is 11.4 Å². The number of benzene rings is 3. The zero-order valence-corrected chi connectivity index (χ0v) is 38.1. The van der Waals surface area contributed by atoms with Gasteiger partial charge in [0.25, 0.3) is 21.6 Å². The van der Waals surface area contributed by atoms with Gasteiger partial charge in [0.2, 0.25) is 0 Å². The average Bonchev–Trinajstić information content (AvgIpc) is 3.76. The molecule has 15 nitrogen and oxygen atoms in total. The Morgan fingerprint density at radius 1 is 1.05 bits per heavy atom. The van der Waals surface area contributed by atoms with Crippen molar-refractivity contribution in [2.24, 2.45) is 11.3 Å². The molecule has 9 rings (SSSR count). The number of carbonyl (C=O) groups is 1. The summed E-state index contributed by atoms with van der Waals surface area (Å²) in [4.78, 5) is 37.4. The summed E-state index contributed by atoms with van der Waals surface area (Å²) in [6.07, 6.45) is 9.96. The molecule has 2 aliphatic carbocycles. The smallest absolute Gasteiger partial charge is 0.297 e. The van der Waals surface area contributed by atoms with E-state index in [-0.39, 0.29) is 46.9 Å². The third kappa shape index (κ3) is 10.1. The van der Waals surface area contributed by atoms with E-state index in [1.807, 2.05) is 18.2 Å². The van der Waals surface area contributed by atoms with E-state index in [0.717, 1.165) is 73.9 Å².